The Hall–Kier alpha value is -1.40. The van der Waals surface area contributed by atoms with Crippen LogP contribution in [0.1, 0.15) is 5.56 Å². The molecule has 2 rings (SSSR count). The average Bonchev–Trinajstić information content (AvgIpc) is 2.74. The minimum absolute atomic E-state index is 0.0335. The lowest BCUT2D eigenvalue weighted by molar-refractivity contribution is 0.558. The summed E-state index contributed by atoms with van der Waals surface area (Å²) in [7, 11) is 0. The minimum atomic E-state index is -1.14. The molecule has 16 heavy (non-hydrogen) atoms. The zero-order valence-corrected chi connectivity index (χ0v) is 9.44. The van der Waals surface area contributed by atoms with E-state index in [0.29, 0.717) is 0 Å². The molecule has 0 aliphatic heterocycles. The Morgan fingerprint density at radius 3 is 2.88 bits per heavy atom. The molecule has 2 aromatic heterocycles. The van der Waals surface area contributed by atoms with E-state index in [4.69, 9.17) is 11.6 Å². The van der Waals surface area contributed by atoms with Crippen molar-refractivity contribution in [3.8, 4) is 0 Å². The number of H-pyrrole nitrogens is 1. The molecule has 84 valence electrons. The van der Waals surface area contributed by atoms with Crippen LogP contribution in [-0.4, -0.2) is 9.55 Å². The molecule has 0 aliphatic rings. The van der Waals surface area contributed by atoms with Gasteiger partial charge < -0.3 is 0 Å². The second-order valence-electron chi connectivity index (χ2n) is 3.08. The predicted octanol–water partition coefficient (Wildman–Crippen LogP) is 1.44. The van der Waals surface area contributed by atoms with E-state index in [9.17, 15) is 14.0 Å². The van der Waals surface area contributed by atoms with Crippen LogP contribution < -0.4 is 11.2 Å². The zero-order valence-electron chi connectivity index (χ0n) is 7.87. The molecular weight excluding hydrogens is 255 g/mol. The molecule has 7 heteroatoms. The molecule has 4 nitrogen and oxygen atoms in total. The van der Waals surface area contributed by atoms with Crippen molar-refractivity contribution >= 4 is 22.9 Å². The molecule has 0 bridgehead atoms. The molecule has 0 saturated heterocycles. The lowest BCUT2D eigenvalue weighted by Crippen LogP contribution is -2.37. The molecule has 0 unspecified atom stereocenters. The first-order valence-electron chi connectivity index (χ1n) is 4.29. The lowest BCUT2D eigenvalue weighted by Gasteiger charge is -2.03. The smallest absolute Gasteiger partial charge is 0.295 e. The van der Waals surface area contributed by atoms with E-state index in [1.54, 1.807) is 16.8 Å². The standard InChI is InChI=1S/C9H6ClFN2O2S/c10-7-6(11)8(14)13(9(15)12-7)3-5-1-2-16-4-5/h1-2,4H,3H2,(H,12,15). The van der Waals surface area contributed by atoms with E-state index in [1.165, 1.54) is 11.3 Å². The van der Waals surface area contributed by atoms with Gasteiger partial charge in [-0.25, -0.2) is 4.79 Å². The zero-order chi connectivity index (χ0) is 11.7. The fraction of sp³-hybridized carbons (Fsp3) is 0.111. The normalized spacial score (nSPS) is 10.6. The second kappa shape index (κ2) is 4.23. The third-order valence-electron chi connectivity index (χ3n) is 2.01. The van der Waals surface area contributed by atoms with E-state index in [1.807, 2.05) is 0 Å². The number of aromatic amines is 1. The fourth-order valence-electron chi connectivity index (χ4n) is 1.23. The first-order valence-corrected chi connectivity index (χ1v) is 5.61. The van der Waals surface area contributed by atoms with Gasteiger partial charge >= 0.3 is 5.69 Å². The van der Waals surface area contributed by atoms with Crippen molar-refractivity contribution in [1.82, 2.24) is 9.55 Å². The van der Waals surface area contributed by atoms with Gasteiger partial charge in [0, 0.05) is 0 Å². The molecule has 0 amide bonds. The molecule has 0 spiro atoms. The Labute approximate surface area is 97.9 Å². The third-order valence-corrected chi connectivity index (χ3v) is 3.00. The van der Waals surface area contributed by atoms with E-state index >= 15 is 0 Å². The van der Waals surface area contributed by atoms with Crippen molar-refractivity contribution in [3.63, 3.8) is 0 Å². The molecule has 0 saturated carbocycles. The summed E-state index contributed by atoms with van der Waals surface area (Å²) in [4.78, 5) is 24.9. The van der Waals surface area contributed by atoms with Gasteiger partial charge in [-0.1, -0.05) is 11.6 Å². The molecular formula is C9H6ClFN2O2S. The Balaban J connectivity index is 2.54. The highest BCUT2D eigenvalue weighted by atomic mass is 35.5. The Bertz CT molecular complexity index is 617. The topological polar surface area (TPSA) is 54.9 Å². The summed E-state index contributed by atoms with van der Waals surface area (Å²) in [5, 5.41) is 3.02. The summed E-state index contributed by atoms with van der Waals surface area (Å²) in [6.45, 7) is 0.0335. The summed E-state index contributed by atoms with van der Waals surface area (Å²) in [6.07, 6.45) is 0. The summed E-state index contributed by atoms with van der Waals surface area (Å²) < 4.78 is 13.9. The van der Waals surface area contributed by atoms with E-state index in [-0.39, 0.29) is 6.54 Å². The molecule has 1 N–H and O–H groups in total. The Kier molecular flexibility index (Phi) is 2.93. The van der Waals surface area contributed by atoms with Gasteiger partial charge in [0.25, 0.3) is 5.56 Å². The molecule has 0 fully saturated rings. The number of thiophene rings is 1. The first kappa shape index (κ1) is 11.1. The van der Waals surface area contributed by atoms with Crippen LogP contribution in [0.5, 0.6) is 0 Å². The molecule has 2 heterocycles. The third kappa shape index (κ3) is 1.94. The van der Waals surface area contributed by atoms with Crippen LogP contribution in [0.15, 0.2) is 26.4 Å². The molecule has 0 aliphatic carbocycles. The lowest BCUT2D eigenvalue weighted by atomic mass is 10.3. The van der Waals surface area contributed by atoms with Crippen molar-refractivity contribution in [1.29, 1.82) is 0 Å². The van der Waals surface area contributed by atoms with Crippen molar-refractivity contribution in [2.75, 3.05) is 0 Å². The molecule has 0 aromatic carbocycles. The largest absolute Gasteiger partial charge is 0.329 e. The highest BCUT2D eigenvalue weighted by Gasteiger charge is 2.12. The number of hydrogen-bond acceptors (Lipinski definition) is 3. The Morgan fingerprint density at radius 2 is 2.25 bits per heavy atom. The summed E-state index contributed by atoms with van der Waals surface area (Å²) in [5.74, 6) is -1.14. The maximum atomic E-state index is 13.2. The highest BCUT2D eigenvalue weighted by Crippen LogP contribution is 2.07. The Morgan fingerprint density at radius 1 is 1.50 bits per heavy atom. The number of nitrogens with one attached hydrogen (secondary N) is 1. The van der Waals surface area contributed by atoms with E-state index < -0.39 is 22.2 Å². The van der Waals surface area contributed by atoms with Crippen LogP contribution in [-0.2, 0) is 6.54 Å². The van der Waals surface area contributed by atoms with Crippen LogP contribution >= 0.6 is 22.9 Å². The molecule has 0 radical (unpaired) electrons. The van der Waals surface area contributed by atoms with Gasteiger partial charge in [-0.3, -0.25) is 14.3 Å². The van der Waals surface area contributed by atoms with Crippen LogP contribution in [0.3, 0.4) is 0 Å². The van der Waals surface area contributed by atoms with Gasteiger partial charge in [0.05, 0.1) is 6.54 Å². The second-order valence-corrected chi connectivity index (χ2v) is 4.24. The van der Waals surface area contributed by atoms with Crippen molar-refractivity contribution < 1.29 is 4.39 Å². The maximum Gasteiger partial charge on any atom is 0.329 e. The van der Waals surface area contributed by atoms with Crippen molar-refractivity contribution in [3.05, 3.63) is 54.2 Å². The van der Waals surface area contributed by atoms with Gasteiger partial charge in [-0.2, -0.15) is 15.7 Å². The maximum absolute atomic E-state index is 13.2. The van der Waals surface area contributed by atoms with Gasteiger partial charge in [-0.05, 0) is 22.4 Å². The van der Waals surface area contributed by atoms with E-state index in [0.717, 1.165) is 10.1 Å². The van der Waals surface area contributed by atoms with Crippen molar-refractivity contribution in [2.24, 2.45) is 0 Å². The van der Waals surface area contributed by atoms with Gasteiger partial charge in [0.1, 0.15) is 0 Å². The fourth-order valence-corrected chi connectivity index (χ4v) is 2.05. The first-order chi connectivity index (χ1) is 7.59. The summed E-state index contributed by atoms with van der Waals surface area (Å²) in [5.41, 5.74) is -0.970. The predicted molar refractivity (Wildman–Crippen MR) is 59.7 cm³/mol. The van der Waals surface area contributed by atoms with Crippen LogP contribution in [0, 0.1) is 5.82 Å². The number of hydrogen-bond donors (Lipinski definition) is 1. The SMILES string of the molecule is O=c1[nH]c(Cl)c(F)c(=O)n1Cc1ccsc1. The minimum Gasteiger partial charge on any atom is -0.295 e. The van der Waals surface area contributed by atoms with Gasteiger partial charge in [-0.15, -0.1) is 0 Å². The van der Waals surface area contributed by atoms with Crippen LogP contribution in [0.2, 0.25) is 5.15 Å². The summed E-state index contributed by atoms with van der Waals surface area (Å²) >= 11 is 6.76. The quantitative estimate of drug-likeness (QED) is 0.831. The van der Waals surface area contributed by atoms with Gasteiger partial charge in [0.15, 0.2) is 5.15 Å². The monoisotopic (exact) mass is 260 g/mol. The number of rotatable bonds is 2. The average molecular weight is 261 g/mol. The summed E-state index contributed by atoms with van der Waals surface area (Å²) in [6, 6.07) is 1.75. The van der Waals surface area contributed by atoms with Crippen LogP contribution in [0.4, 0.5) is 4.39 Å². The van der Waals surface area contributed by atoms with Crippen LogP contribution in [0.25, 0.3) is 0 Å². The highest BCUT2D eigenvalue weighted by molar-refractivity contribution is 7.07. The van der Waals surface area contributed by atoms with E-state index in [2.05, 4.69) is 4.98 Å². The number of aromatic nitrogens is 2. The van der Waals surface area contributed by atoms with Gasteiger partial charge in [0.2, 0.25) is 5.82 Å². The number of halogens is 2. The van der Waals surface area contributed by atoms with Crippen molar-refractivity contribution in [2.45, 2.75) is 6.54 Å². The molecule has 2 aromatic rings. The number of nitrogens with zero attached hydrogens (tertiary/aromatic N) is 1. The molecule has 0 atom stereocenters.